The highest BCUT2D eigenvalue weighted by Crippen LogP contribution is 2.28. The third-order valence-corrected chi connectivity index (χ3v) is 11.1. The van der Waals surface area contributed by atoms with Gasteiger partial charge in [-0.15, -0.1) is 0 Å². The molecule has 56 heavy (non-hydrogen) atoms. The fourth-order valence-corrected chi connectivity index (χ4v) is 7.39. The van der Waals surface area contributed by atoms with Crippen LogP contribution in [0.4, 0.5) is 5.69 Å². The molecule has 1 aromatic carbocycles. The van der Waals surface area contributed by atoms with E-state index in [2.05, 4.69) is 90.5 Å². The van der Waals surface area contributed by atoms with E-state index in [0.717, 1.165) is 90.4 Å². The number of methoxy groups -OCH3 is 1. The van der Waals surface area contributed by atoms with E-state index >= 15 is 0 Å². The van der Waals surface area contributed by atoms with Crippen molar-refractivity contribution in [2.24, 2.45) is 0 Å². The summed E-state index contributed by atoms with van der Waals surface area (Å²) in [6, 6.07) is 8.40. The van der Waals surface area contributed by atoms with Crippen molar-refractivity contribution < 1.29 is 14.2 Å². The molecule has 0 aromatic heterocycles. The number of benzene rings is 1. The van der Waals surface area contributed by atoms with Gasteiger partial charge in [-0.3, -0.25) is 4.90 Å². The largest absolute Gasteiger partial charge is 0.495 e. The van der Waals surface area contributed by atoms with Gasteiger partial charge >= 0.3 is 0 Å². The molecule has 5 heteroatoms. The van der Waals surface area contributed by atoms with Gasteiger partial charge in [0.2, 0.25) is 0 Å². The van der Waals surface area contributed by atoms with Crippen molar-refractivity contribution in [1.29, 1.82) is 0 Å². The van der Waals surface area contributed by atoms with Gasteiger partial charge in [0.15, 0.2) is 0 Å². The monoisotopic (exact) mass is 777 g/mol. The fraction of sp³-hybridized carbons (Fsp3) is 0.725. The molecule has 0 spiro atoms. The van der Waals surface area contributed by atoms with Crippen molar-refractivity contribution >= 4 is 5.69 Å². The number of anilines is 1. The van der Waals surface area contributed by atoms with Crippen molar-refractivity contribution in [3.05, 3.63) is 72.9 Å². The Hall–Kier alpha value is -2.34. The Balaban J connectivity index is 1.58. The first-order valence-electron chi connectivity index (χ1n) is 23.7. The highest BCUT2D eigenvalue weighted by Gasteiger charge is 2.21. The van der Waals surface area contributed by atoms with Crippen LogP contribution < -0.4 is 9.64 Å². The Morgan fingerprint density at radius 1 is 0.554 bits per heavy atom. The summed E-state index contributed by atoms with van der Waals surface area (Å²) in [7, 11) is 1.77. The minimum Gasteiger partial charge on any atom is -0.495 e. The van der Waals surface area contributed by atoms with Crippen LogP contribution in [0, 0.1) is 0 Å². The molecule has 0 bridgehead atoms. The van der Waals surface area contributed by atoms with Crippen molar-refractivity contribution in [3.8, 4) is 5.75 Å². The van der Waals surface area contributed by atoms with Gasteiger partial charge in [0.1, 0.15) is 5.75 Å². The molecule has 1 aliphatic heterocycles. The molecular formula is C51H88N2O3. The van der Waals surface area contributed by atoms with Crippen LogP contribution in [-0.4, -0.2) is 70.7 Å². The maximum Gasteiger partial charge on any atom is 0.142 e. The van der Waals surface area contributed by atoms with Crippen molar-refractivity contribution in [2.75, 3.05) is 64.6 Å². The van der Waals surface area contributed by atoms with Crippen molar-refractivity contribution in [3.63, 3.8) is 0 Å². The van der Waals surface area contributed by atoms with Crippen LogP contribution in [0.15, 0.2) is 72.9 Å². The van der Waals surface area contributed by atoms with E-state index in [9.17, 15) is 0 Å². The Kier molecular flexibility index (Phi) is 34.0. The van der Waals surface area contributed by atoms with Crippen LogP contribution in [0.3, 0.4) is 0 Å². The first kappa shape index (κ1) is 49.8. The molecule has 1 aliphatic rings. The average Bonchev–Trinajstić information content (AvgIpc) is 3.23. The van der Waals surface area contributed by atoms with Gasteiger partial charge in [-0.25, -0.2) is 0 Å². The highest BCUT2D eigenvalue weighted by molar-refractivity contribution is 5.58. The number of unbranched alkanes of at least 4 members (excludes halogenated alkanes) is 18. The number of para-hydroxylation sites is 2. The number of ether oxygens (including phenoxy) is 3. The summed E-state index contributed by atoms with van der Waals surface area (Å²) in [6.07, 6.45) is 50.6. The molecule has 5 nitrogen and oxygen atoms in total. The maximum atomic E-state index is 6.50. The number of hydrogen-bond donors (Lipinski definition) is 0. The van der Waals surface area contributed by atoms with Crippen LogP contribution in [0.5, 0.6) is 5.75 Å². The molecule has 0 saturated carbocycles. The minimum absolute atomic E-state index is 0.185. The lowest BCUT2D eigenvalue weighted by atomic mass is 10.1. The Bertz CT molecular complexity index is 1110. The molecule has 0 amide bonds. The van der Waals surface area contributed by atoms with Gasteiger partial charge in [0.25, 0.3) is 0 Å². The van der Waals surface area contributed by atoms with Gasteiger partial charge in [-0.1, -0.05) is 152 Å². The van der Waals surface area contributed by atoms with Gasteiger partial charge in [-0.05, 0) is 95.6 Å². The topological polar surface area (TPSA) is 34.2 Å². The number of hydrogen-bond acceptors (Lipinski definition) is 5. The van der Waals surface area contributed by atoms with E-state index in [0.29, 0.717) is 0 Å². The third kappa shape index (κ3) is 28.1. The van der Waals surface area contributed by atoms with Crippen LogP contribution in [-0.2, 0) is 9.47 Å². The molecule has 1 atom stereocenters. The summed E-state index contributed by atoms with van der Waals surface area (Å²) in [4.78, 5) is 5.07. The predicted octanol–water partition coefficient (Wildman–Crippen LogP) is 14.2. The molecule has 0 aliphatic carbocycles. The van der Waals surface area contributed by atoms with E-state index in [-0.39, 0.29) is 6.10 Å². The van der Waals surface area contributed by atoms with Gasteiger partial charge < -0.3 is 19.1 Å². The second-order valence-corrected chi connectivity index (χ2v) is 16.0. The molecule has 1 unspecified atom stereocenters. The second-order valence-electron chi connectivity index (χ2n) is 16.0. The smallest absolute Gasteiger partial charge is 0.142 e. The van der Waals surface area contributed by atoms with Gasteiger partial charge in [-0.2, -0.15) is 0 Å². The third-order valence-electron chi connectivity index (χ3n) is 11.1. The zero-order valence-electron chi connectivity index (χ0n) is 37.0. The summed E-state index contributed by atoms with van der Waals surface area (Å²) in [6.45, 7) is 12.3. The second kappa shape index (κ2) is 38.2. The van der Waals surface area contributed by atoms with E-state index in [4.69, 9.17) is 14.2 Å². The molecule has 0 radical (unpaired) electrons. The number of allylic oxidation sites excluding steroid dienone is 8. The Morgan fingerprint density at radius 2 is 1.04 bits per heavy atom. The average molecular weight is 777 g/mol. The predicted molar refractivity (Wildman–Crippen MR) is 246 cm³/mol. The lowest BCUT2D eigenvalue weighted by Crippen LogP contribution is -2.47. The Labute approximate surface area is 347 Å². The SMILES string of the molecule is CCCCC/C=C/C/C=C/CCCCCCCCOCC(CCN1CCN(c2ccccc2OC)CC1)OCCCCCCCC/C=C/C/C=C/CCCCC. The molecule has 2 rings (SSSR count). The molecule has 1 aromatic rings. The number of piperazine rings is 1. The van der Waals surface area contributed by atoms with Crippen LogP contribution >= 0.6 is 0 Å². The number of nitrogens with zero attached hydrogens (tertiary/aromatic N) is 2. The van der Waals surface area contributed by atoms with E-state index in [1.165, 1.54) is 134 Å². The van der Waals surface area contributed by atoms with E-state index < -0.39 is 0 Å². The molecule has 1 fully saturated rings. The zero-order chi connectivity index (χ0) is 39.8. The van der Waals surface area contributed by atoms with Crippen molar-refractivity contribution in [2.45, 2.75) is 180 Å². The van der Waals surface area contributed by atoms with E-state index in [1.54, 1.807) is 7.11 Å². The first-order chi connectivity index (χ1) is 27.8. The normalized spacial score (nSPS) is 14.7. The maximum absolute atomic E-state index is 6.50. The summed E-state index contributed by atoms with van der Waals surface area (Å²) in [5, 5.41) is 0. The molecule has 0 N–H and O–H groups in total. The molecule has 1 saturated heterocycles. The standard InChI is InChI=1S/C51H88N2O3/c1-4-6-8-10-12-14-16-18-20-22-24-26-28-30-32-36-46-55-48-49(40-41-52-42-44-53(45-43-52)50-38-34-35-39-51(50)54-3)56-47-37-33-31-29-27-25-23-21-19-17-15-13-11-9-7-5-2/h12-15,18-21,34-35,38-39,49H,4-11,16-17,22-33,36-37,40-48H2,1-3H3/b14-12+,15-13+,20-18+,21-19+. The first-order valence-corrected chi connectivity index (χ1v) is 23.7. The lowest BCUT2D eigenvalue weighted by Gasteiger charge is -2.37. The zero-order valence-corrected chi connectivity index (χ0v) is 37.0. The Morgan fingerprint density at radius 3 is 1.57 bits per heavy atom. The summed E-state index contributed by atoms with van der Waals surface area (Å²) in [5.74, 6) is 0.968. The van der Waals surface area contributed by atoms with Crippen molar-refractivity contribution in [1.82, 2.24) is 4.90 Å². The number of rotatable bonds is 38. The van der Waals surface area contributed by atoms with E-state index in [1.807, 2.05) is 6.07 Å². The molecule has 320 valence electrons. The summed E-state index contributed by atoms with van der Waals surface area (Å²) >= 11 is 0. The molecular weight excluding hydrogens is 689 g/mol. The summed E-state index contributed by atoms with van der Waals surface area (Å²) in [5.41, 5.74) is 1.21. The summed E-state index contributed by atoms with van der Waals surface area (Å²) < 4.78 is 18.4. The van der Waals surface area contributed by atoms with Gasteiger partial charge in [0.05, 0.1) is 25.5 Å². The molecule has 1 heterocycles. The highest BCUT2D eigenvalue weighted by atomic mass is 16.5. The van der Waals surface area contributed by atoms with Crippen LogP contribution in [0.2, 0.25) is 0 Å². The quantitative estimate of drug-likeness (QED) is 0.0493. The minimum atomic E-state index is 0.185. The fourth-order valence-electron chi connectivity index (χ4n) is 7.39. The van der Waals surface area contributed by atoms with Crippen LogP contribution in [0.25, 0.3) is 0 Å². The van der Waals surface area contributed by atoms with Crippen LogP contribution in [0.1, 0.15) is 174 Å². The van der Waals surface area contributed by atoms with Gasteiger partial charge in [0, 0.05) is 45.9 Å². The lowest BCUT2D eigenvalue weighted by molar-refractivity contribution is -0.0264.